The van der Waals surface area contributed by atoms with Crippen LogP contribution in [0.5, 0.6) is 0 Å². The van der Waals surface area contributed by atoms with Gasteiger partial charge in [-0.2, -0.15) is 0 Å². The van der Waals surface area contributed by atoms with Crippen LogP contribution in [0.3, 0.4) is 0 Å². The number of nitrogens with zero attached hydrogens (tertiary/aromatic N) is 1. The molecule has 7 rings (SSSR count). The SMILES string of the molecule is CCOC(=O)c1cc(N2C(=O)[C@H]3C4c5ccccc5C(Br)(c5ccccc54)[C@H]3C2=O)ccc1Cl. The third kappa shape index (κ3) is 2.64. The second-order valence-electron chi connectivity index (χ2n) is 8.76. The van der Waals surface area contributed by atoms with Crippen LogP contribution in [0.4, 0.5) is 5.69 Å². The first-order chi connectivity index (χ1) is 16.4. The number of carbonyl (C=O) groups excluding carboxylic acids is 3. The van der Waals surface area contributed by atoms with E-state index in [-0.39, 0.29) is 34.9 Å². The van der Waals surface area contributed by atoms with Crippen LogP contribution in [0.15, 0.2) is 66.7 Å². The van der Waals surface area contributed by atoms with Crippen molar-refractivity contribution in [2.24, 2.45) is 11.8 Å². The van der Waals surface area contributed by atoms with Gasteiger partial charge in [-0.15, -0.1) is 0 Å². The van der Waals surface area contributed by atoms with Gasteiger partial charge in [-0.25, -0.2) is 9.69 Å². The largest absolute Gasteiger partial charge is 0.462 e. The van der Waals surface area contributed by atoms with Crippen LogP contribution in [0.2, 0.25) is 5.02 Å². The predicted molar refractivity (Wildman–Crippen MR) is 131 cm³/mol. The highest BCUT2D eigenvalue weighted by molar-refractivity contribution is 9.09. The Morgan fingerprint density at radius 3 is 2.24 bits per heavy atom. The lowest BCUT2D eigenvalue weighted by Gasteiger charge is -2.51. The zero-order valence-electron chi connectivity index (χ0n) is 18.1. The molecule has 4 aliphatic rings. The molecule has 1 aliphatic heterocycles. The monoisotopic (exact) mass is 535 g/mol. The molecule has 34 heavy (non-hydrogen) atoms. The molecule has 2 bridgehead atoms. The van der Waals surface area contributed by atoms with E-state index in [0.29, 0.717) is 5.69 Å². The van der Waals surface area contributed by atoms with Crippen LogP contribution < -0.4 is 4.90 Å². The average molecular weight is 537 g/mol. The molecule has 0 radical (unpaired) electrons. The van der Waals surface area contributed by atoms with Gasteiger partial charge >= 0.3 is 5.97 Å². The molecule has 0 spiro atoms. The van der Waals surface area contributed by atoms with Gasteiger partial charge in [0.05, 0.1) is 39.0 Å². The van der Waals surface area contributed by atoms with Gasteiger partial charge in [0.1, 0.15) is 0 Å². The van der Waals surface area contributed by atoms with E-state index in [1.54, 1.807) is 13.0 Å². The van der Waals surface area contributed by atoms with Gasteiger partial charge in [0.25, 0.3) is 0 Å². The van der Waals surface area contributed by atoms with Crippen LogP contribution >= 0.6 is 27.5 Å². The number of ether oxygens (including phenoxy) is 1. The van der Waals surface area contributed by atoms with E-state index in [0.717, 1.165) is 22.3 Å². The molecule has 2 amide bonds. The fraction of sp³-hybridized carbons (Fsp3) is 0.222. The Bertz CT molecular complexity index is 1360. The Morgan fingerprint density at radius 1 is 1.00 bits per heavy atom. The summed E-state index contributed by atoms with van der Waals surface area (Å²) in [5.74, 6) is -2.56. The number of anilines is 1. The number of hydrogen-bond donors (Lipinski definition) is 0. The van der Waals surface area contributed by atoms with Crippen molar-refractivity contribution in [3.05, 3.63) is 99.6 Å². The molecule has 3 aromatic carbocycles. The second-order valence-corrected chi connectivity index (χ2v) is 10.4. The molecule has 2 atom stereocenters. The smallest absolute Gasteiger partial charge is 0.339 e. The van der Waals surface area contributed by atoms with Crippen molar-refractivity contribution in [3.8, 4) is 0 Å². The molecule has 170 valence electrons. The lowest BCUT2D eigenvalue weighted by Crippen LogP contribution is -2.50. The van der Waals surface area contributed by atoms with Gasteiger partial charge < -0.3 is 4.74 Å². The molecule has 0 aromatic heterocycles. The zero-order chi connectivity index (χ0) is 23.8. The number of carbonyl (C=O) groups is 3. The first-order valence-electron chi connectivity index (χ1n) is 11.1. The molecule has 3 aliphatic carbocycles. The molecule has 7 heteroatoms. The van der Waals surface area contributed by atoms with Crippen molar-refractivity contribution in [2.75, 3.05) is 11.5 Å². The fourth-order valence-electron chi connectivity index (χ4n) is 5.95. The average Bonchev–Trinajstić information content (AvgIpc) is 3.11. The lowest BCUT2D eigenvalue weighted by atomic mass is 9.55. The quantitative estimate of drug-likeness (QED) is 0.255. The van der Waals surface area contributed by atoms with Crippen LogP contribution in [-0.4, -0.2) is 24.4 Å². The summed E-state index contributed by atoms with van der Waals surface area (Å²) in [5, 5.41) is 0.204. The Balaban J connectivity index is 1.52. The van der Waals surface area contributed by atoms with Crippen molar-refractivity contribution in [1.29, 1.82) is 0 Å². The zero-order valence-corrected chi connectivity index (χ0v) is 20.5. The fourth-order valence-corrected chi connectivity index (χ4v) is 7.35. The number of amides is 2. The number of benzene rings is 3. The minimum Gasteiger partial charge on any atom is -0.462 e. The topological polar surface area (TPSA) is 63.7 Å². The van der Waals surface area contributed by atoms with Crippen LogP contribution in [0, 0.1) is 11.8 Å². The summed E-state index contributed by atoms with van der Waals surface area (Å²) in [6.45, 7) is 1.89. The van der Waals surface area contributed by atoms with Crippen molar-refractivity contribution in [2.45, 2.75) is 17.2 Å². The molecular weight excluding hydrogens is 518 g/mol. The maximum atomic E-state index is 14.0. The standard InChI is InChI=1S/C27H19BrClNO4/c1-2-34-26(33)17-13-14(11-12-20(17)29)30-24(31)22-21-15-7-3-5-9-18(15)27(28,23(22)25(30)32)19-10-6-4-8-16(19)21/h3-13,21-23H,2H2,1H3/t21?,22-,23+,27?/m0/s1. The number of rotatable bonds is 3. The number of halogens is 2. The third-order valence-corrected chi connectivity index (χ3v) is 8.90. The molecule has 5 nitrogen and oxygen atoms in total. The van der Waals surface area contributed by atoms with E-state index in [4.69, 9.17) is 16.3 Å². The highest BCUT2D eigenvalue weighted by Crippen LogP contribution is 2.66. The van der Waals surface area contributed by atoms with Gasteiger partial charge in [0.2, 0.25) is 11.8 Å². The first kappa shape index (κ1) is 21.6. The number of esters is 1. The van der Waals surface area contributed by atoms with Crippen LogP contribution in [-0.2, 0) is 18.7 Å². The molecule has 0 saturated carbocycles. The molecule has 3 aromatic rings. The maximum Gasteiger partial charge on any atom is 0.339 e. The van der Waals surface area contributed by atoms with Crippen LogP contribution in [0.25, 0.3) is 0 Å². The predicted octanol–water partition coefficient (Wildman–Crippen LogP) is 5.42. The first-order valence-corrected chi connectivity index (χ1v) is 12.3. The van der Waals surface area contributed by atoms with E-state index in [1.165, 1.54) is 17.0 Å². The summed E-state index contributed by atoms with van der Waals surface area (Å²) in [6.07, 6.45) is 0. The van der Waals surface area contributed by atoms with Gasteiger partial charge in [-0.05, 0) is 47.4 Å². The summed E-state index contributed by atoms with van der Waals surface area (Å²) in [5.41, 5.74) is 4.61. The molecule has 0 N–H and O–H groups in total. The molecule has 0 unspecified atom stereocenters. The Kier molecular flexibility index (Phi) is 4.77. The Hall–Kier alpha value is -2.96. The highest BCUT2D eigenvalue weighted by atomic mass is 79.9. The van der Waals surface area contributed by atoms with Crippen molar-refractivity contribution < 1.29 is 19.1 Å². The normalized spacial score (nSPS) is 26.2. The number of imide groups is 1. The number of alkyl halides is 1. The van der Waals surface area contributed by atoms with E-state index in [1.807, 2.05) is 48.5 Å². The van der Waals surface area contributed by atoms with Gasteiger partial charge in [-0.1, -0.05) is 76.1 Å². The minimum absolute atomic E-state index is 0.125. The van der Waals surface area contributed by atoms with Gasteiger partial charge in [0.15, 0.2) is 0 Å². The molecule has 1 fully saturated rings. The van der Waals surface area contributed by atoms with E-state index in [2.05, 4.69) is 15.9 Å². The van der Waals surface area contributed by atoms with Crippen molar-refractivity contribution in [1.82, 2.24) is 0 Å². The Morgan fingerprint density at radius 2 is 1.62 bits per heavy atom. The number of hydrogen-bond acceptors (Lipinski definition) is 4. The highest BCUT2D eigenvalue weighted by Gasteiger charge is 2.67. The molecule has 1 heterocycles. The van der Waals surface area contributed by atoms with Crippen LogP contribution in [0.1, 0.15) is 45.5 Å². The maximum absolute atomic E-state index is 14.0. The summed E-state index contributed by atoms with van der Waals surface area (Å²) in [6, 6.07) is 20.6. The minimum atomic E-state index is -0.822. The molecular formula is C27H19BrClNO4. The summed E-state index contributed by atoms with van der Waals surface area (Å²) in [4.78, 5) is 41.5. The summed E-state index contributed by atoms with van der Waals surface area (Å²) in [7, 11) is 0. The summed E-state index contributed by atoms with van der Waals surface area (Å²) < 4.78 is 4.28. The third-order valence-electron chi connectivity index (χ3n) is 7.22. The lowest BCUT2D eigenvalue weighted by molar-refractivity contribution is -0.122. The van der Waals surface area contributed by atoms with E-state index >= 15 is 0 Å². The summed E-state index contributed by atoms with van der Waals surface area (Å²) >= 11 is 10.2. The van der Waals surface area contributed by atoms with Crippen molar-refractivity contribution >= 4 is 51.0 Å². The van der Waals surface area contributed by atoms with E-state index in [9.17, 15) is 14.4 Å². The van der Waals surface area contributed by atoms with Gasteiger partial charge in [-0.3, -0.25) is 9.59 Å². The molecule has 1 saturated heterocycles. The Labute approximate surface area is 209 Å². The van der Waals surface area contributed by atoms with Gasteiger partial charge in [0, 0.05) is 5.92 Å². The van der Waals surface area contributed by atoms with Crippen molar-refractivity contribution in [3.63, 3.8) is 0 Å². The second kappa shape index (κ2) is 7.52. The van der Waals surface area contributed by atoms with E-state index < -0.39 is 22.1 Å².